The molecule has 7 heteroatoms. The number of aromatic nitrogens is 1. The molecule has 0 bridgehead atoms. The highest BCUT2D eigenvalue weighted by Gasteiger charge is 2.09. The number of hydrogen-bond donors (Lipinski definition) is 2. The lowest BCUT2D eigenvalue weighted by Crippen LogP contribution is -2.19. The first-order valence-electron chi connectivity index (χ1n) is 7.42. The predicted octanol–water partition coefficient (Wildman–Crippen LogP) is 3.35. The number of carbonyl (C=O) groups excluding carboxylic acids is 1. The van der Waals surface area contributed by atoms with Crippen molar-refractivity contribution < 1.29 is 14.3 Å². The summed E-state index contributed by atoms with van der Waals surface area (Å²) in [6, 6.07) is 12.7. The Morgan fingerprint density at radius 1 is 1.24 bits per heavy atom. The number of benzene rings is 2. The Morgan fingerprint density at radius 2 is 2.00 bits per heavy atom. The lowest BCUT2D eigenvalue weighted by Gasteiger charge is -1.99. The molecule has 2 aromatic carbocycles. The van der Waals surface area contributed by atoms with Gasteiger partial charge in [0.05, 0.1) is 18.3 Å². The molecule has 5 nitrogen and oxygen atoms in total. The predicted molar refractivity (Wildman–Crippen MR) is 95.1 cm³/mol. The van der Waals surface area contributed by atoms with E-state index < -0.39 is 0 Å². The van der Waals surface area contributed by atoms with Gasteiger partial charge in [0.1, 0.15) is 16.6 Å². The van der Waals surface area contributed by atoms with E-state index in [9.17, 15) is 14.3 Å². The molecule has 0 saturated heterocycles. The first-order chi connectivity index (χ1) is 12.1. The second kappa shape index (κ2) is 7.67. The first-order valence-corrected chi connectivity index (χ1v) is 8.30. The number of halogens is 1. The van der Waals surface area contributed by atoms with Crippen LogP contribution >= 0.6 is 11.3 Å². The molecule has 3 rings (SSSR count). The molecule has 25 heavy (non-hydrogen) atoms. The van der Waals surface area contributed by atoms with Crippen LogP contribution in [0.2, 0.25) is 0 Å². The molecule has 0 aliphatic heterocycles. The van der Waals surface area contributed by atoms with E-state index in [0.717, 1.165) is 10.6 Å². The monoisotopic (exact) mass is 355 g/mol. The Hall–Kier alpha value is -3.06. The maximum Gasteiger partial charge on any atom is 0.246 e. The van der Waals surface area contributed by atoms with Crippen LogP contribution < -0.4 is 5.43 Å². The molecule has 0 saturated carbocycles. The van der Waals surface area contributed by atoms with E-state index in [1.165, 1.54) is 35.8 Å². The Morgan fingerprint density at radius 3 is 2.76 bits per heavy atom. The summed E-state index contributed by atoms with van der Waals surface area (Å²) in [4.78, 5) is 16.3. The summed E-state index contributed by atoms with van der Waals surface area (Å²) in [5.41, 5.74) is 4.32. The number of nitrogens with one attached hydrogen (secondary N) is 1. The van der Waals surface area contributed by atoms with E-state index in [2.05, 4.69) is 15.5 Å². The van der Waals surface area contributed by atoms with Crippen LogP contribution in [0.25, 0.3) is 10.6 Å². The van der Waals surface area contributed by atoms with Gasteiger partial charge in [0.25, 0.3) is 0 Å². The molecule has 0 aliphatic rings. The molecular weight excluding hydrogens is 341 g/mol. The molecule has 3 aromatic rings. The van der Waals surface area contributed by atoms with E-state index in [0.29, 0.717) is 11.3 Å². The van der Waals surface area contributed by atoms with Gasteiger partial charge in [-0.1, -0.05) is 12.1 Å². The molecule has 126 valence electrons. The Kier molecular flexibility index (Phi) is 5.15. The zero-order valence-corrected chi connectivity index (χ0v) is 13.8. The minimum Gasteiger partial charge on any atom is -0.507 e. The third kappa shape index (κ3) is 4.48. The average Bonchev–Trinajstić information content (AvgIpc) is 3.05. The number of hydrazone groups is 1. The molecule has 0 spiro atoms. The summed E-state index contributed by atoms with van der Waals surface area (Å²) < 4.78 is 12.9. The van der Waals surface area contributed by atoms with Crippen LogP contribution in [0.4, 0.5) is 4.39 Å². The summed E-state index contributed by atoms with van der Waals surface area (Å²) in [5, 5.41) is 15.9. The number of para-hydroxylation sites is 1. The van der Waals surface area contributed by atoms with Gasteiger partial charge in [0.15, 0.2) is 0 Å². The second-order valence-electron chi connectivity index (χ2n) is 5.18. The van der Waals surface area contributed by atoms with Gasteiger partial charge in [-0.15, -0.1) is 11.3 Å². The average molecular weight is 355 g/mol. The number of nitrogens with zero attached hydrogens (tertiary/aromatic N) is 2. The summed E-state index contributed by atoms with van der Waals surface area (Å²) in [7, 11) is 0. The third-order valence-corrected chi connectivity index (χ3v) is 4.25. The zero-order valence-electron chi connectivity index (χ0n) is 13.0. The van der Waals surface area contributed by atoms with Crippen molar-refractivity contribution in [1.82, 2.24) is 10.4 Å². The number of carbonyl (C=O) groups is 1. The van der Waals surface area contributed by atoms with Gasteiger partial charge in [-0.2, -0.15) is 5.10 Å². The quantitative estimate of drug-likeness (QED) is 0.544. The van der Waals surface area contributed by atoms with Crippen LogP contribution in [0, 0.1) is 5.82 Å². The van der Waals surface area contributed by atoms with Crippen LogP contribution in [0.15, 0.2) is 59.0 Å². The Bertz CT molecular complexity index is 907. The van der Waals surface area contributed by atoms with Crippen LogP contribution in [0.5, 0.6) is 5.75 Å². The molecule has 0 atom stereocenters. The fourth-order valence-electron chi connectivity index (χ4n) is 2.09. The lowest BCUT2D eigenvalue weighted by atomic mass is 10.2. The van der Waals surface area contributed by atoms with Gasteiger partial charge >= 0.3 is 0 Å². The van der Waals surface area contributed by atoms with Crippen molar-refractivity contribution in [3.8, 4) is 16.3 Å². The third-order valence-electron chi connectivity index (χ3n) is 3.31. The van der Waals surface area contributed by atoms with E-state index >= 15 is 0 Å². The van der Waals surface area contributed by atoms with Crippen molar-refractivity contribution in [3.63, 3.8) is 0 Å². The van der Waals surface area contributed by atoms with Gasteiger partial charge in [0, 0.05) is 16.5 Å². The highest BCUT2D eigenvalue weighted by Crippen LogP contribution is 2.24. The number of phenolic OH excluding ortho intramolecular Hbond substituents is 1. The smallest absolute Gasteiger partial charge is 0.246 e. The highest BCUT2D eigenvalue weighted by atomic mass is 32.1. The fraction of sp³-hybridized carbons (Fsp3) is 0.0556. The first kappa shape index (κ1) is 16.8. The molecule has 1 aromatic heterocycles. The number of thiazole rings is 1. The number of hydrogen-bond acceptors (Lipinski definition) is 5. The van der Waals surface area contributed by atoms with Crippen LogP contribution in [0.1, 0.15) is 11.3 Å². The van der Waals surface area contributed by atoms with Gasteiger partial charge in [-0.25, -0.2) is 14.8 Å². The minimum atomic E-state index is -0.317. The van der Waals surface area contributed by atoms with Crippen molar-refractivity contribution >= 4 is 23.5 Å². The van der Waals surface area contributed by atoms with E-state index in [1.54, 1.807) is 35.7 Å². The van der Waals surface area contributed by atoms with E-state index in [-0.39, 0.29) is 23.9 Å². The van der Waals surface area contributed by atoms with Crippen molar-refractivity contribution in [2.45, 2.75) is 6.42 Å². The maximum absolute atomic E-state index is 12.9. The molecule has 0 radical (unpaired) electrons. The van der Waals surface area contributed by atoms with Gasteiger partial charge in [-0.3, -0.25) is 4.79 Å². The molecule has 1 heterocycles. The van der Waals surface area contributed by atoms with Gasteiger partial charge < -0.3 is 5.11 Å². The van der Waals surface area contributed by atoms with Gasteiger partial charge in [-0.05, 0) is 36.4 Å². The van der Waals surface area contributed by atoms with Gasteiger partial charge in [0.2, 0.25) is 5.91 Å². The standard InChI is InChI=1S/C18H14FN3O2S/c19-14-7-5-12(6-8-14)18-21-15(11-25-18)9-17(24)22-20-10-13-3-1-2-4-16(13)23/h1-8,10-11,23H,9H2,(H,22,24)/b20-10+. The van der Waals surface area contributed by atoms with Crippen LogP contribution in [-0.4, -0.2) is 22.2 Å². The topological polar surface area (TPSA) is 74.6 Å². The van der Waals surface area contributed by atoms with Crippen molar-refractivity contribution in [2.75, 3.05) is 0 Å². The highest BCUT2D eigenvalue weighted by molar-refractivity contribution is 7.13. The molecule has 0 unspecified atom stereocenters. The van der Waals surface area contributed by atoms with Crippen molar-refractivity contribution in [3.05, 3.63) is 71.0 Å². The summed E-state index contributed by atoms with van der Waals surface area (Å²) in [6.07, 6.45) is 1.45. The summed E-state index contributed by atoms with van der Waals surface area (Å²) >= 11 is 1.39. The minimum absolute atomic E-state index is 0.0792. The summed E-state index contributed by atoms with van der Waals surface area (Å²) in [5.74, 6) is -0.534. The van der Waals surface area contributed by atoms with E-state index in [1.807, 2.05) is 0 Å². The molecular formula is C18H14FN3O2S. The maximum atomic E-state index is 12.9. The number of phenols is 1. The number of amides is 1. The van der Waals surface area contributed by atoms with Crippen molar-refractivity contribution in [1.29, 1.82) is 0 Å². The van der Waals surface area contributed by atoms with Crippen LogP contribution in [0.3, 0.4) is 0 Å². The Balaban J connectivity index is 1.58. The lowest BCUT2D eigenvalue weighted by molar-refractivity contribution is -0.120. The molecule has 1 amide bonds. The normalized spacial score (nSPS) is 10.9. The fourth-order valence-corrected chi connectivity index (χ4v) is 2.91. The summed E-state index contributed by atoms with van der Waals surface area (Å²) in [6.45, 7) is 0. The largest absolute Gasteiger partial charge is 0.507 e. The zero-order chi connectivity index (χ0) is 17.6. The number of rotatable bonds is 5. The SMILES string of the molecule is O=C(Cc1csc(-c2ccc(F)cc2)n1)N/N=C/c1ccccc1O. The number of aromatic hydroxyl groups is 1. The molecule has 0 aliphatic carbocycles. The van der Waals surface area contributed by atoms with Crippen molar-refractivity contribution in [2.24, 2.45) is 5.10 Å². The second-order valence-corrected chi connectivity index (χ2v) is 6.04. The molecule has 0 fully saturated rings. The Labute approximate surface area is 147 Å². The van der Waals surface area contributed by atoms with Crippen LogP contribution in [-0.2, 0) is 11.2 Å². The molecule has 2 N–H and O–H groups in total. The van der Waals surface area contributed by atoms with E-state index in [4.69, 9.17) is 0 Å².